The van der Waals surface area contributed by atoms with E-state index in [1.165, 1.54) is 6.08 Å². The van der Waals surface area contributed by atoms with E-state index in [0.717, 1.165) is 0 Å². The van der Waals surface area contributed by atoms with Gasteiger partial charge in [-0.15, -0.1) is 0 Å². The minimum absolute atomic E-state index is 0.0202. The van der Waals surface area contributed by atoms with Crippen molar-refractivity contribution in [2.24, 2.45) is 0 Å². The summed E-state index contributed by atoms with van der Waals surface area (Å²) in [5, 5.41) is 17.8. The van der Waals surface area contributed by atoms with Crippen molar-refractivity contribution in [1.82, 2.24) is 0 Å². The fourth-order valence-electron chi connectivity index (χ4n) is 0.704. The molecule has 0 aromatic carbocycles. The largest absolute Gasteiger partial charge is 0.547 e. The SMILES string of the molecule is C=CCO/C(O)=C(\[N+]#N)C(=O)OC(C)(C)C. The molecule has 0 spiro atoms. The minimum Gasteiger partial charge on any atom is -0.475 e. The second-order valence-corrected chi connectivity index (χ2v) is 3.86. The molecular formula is C10H15N2O4+. The molecule has 6 heteroatoms. The van der Waals surface area contributed by atoms with Crippen molar-refractivity contribution in [2.75, 3.05) is 6.61 Å². The van der Waals surface area contributed by atoms with Crippen LogP contribution in [0.4, 0.5) is 0 Å². The monoisotopic (exact) mass is 227 g/mol. The number of esters is 1. The van der Waals surface area contributed by atoms with E-state index in [0.29, 0.717) is 0 Å². The van der Waals surface area contributed by atoms with Gasteiger partial charge < -0.3 is 14.6 Å². The van der Waals surface area contributed by atoms with Crippen molar-refractivity contribution in [3.8, 4) is 0 Å². The number of carbonyl (C=O) groups excluding carboxylic acids is 1. The molecule has 6 nitrogen and oxygen atoms in total. The lowest BCUT2D eigenvalue weighted by atomic mass is 10.2. The van der Waals surface area contributed by atoms with Gasteiger partial charge in [0, 0.05) is 0 Å². The molecule has 0 unspecified atom stereocenters. The molecule has 0 rings (SSSR count). The molecule has 0 atom stereocenters. The third-order valence-corrected chi connectivity index (χ3v) is 1.23. The maximum atomic E-state index is 11.4. The molecule has 0 bridgehead atoms. The molecule has 0 aromatic rings. The summed E-state index contributed by atoms with van der Waals surface area (Å²) in [5.74, 6) is -1.78. The highest BCUT2D eigenvalue weighted by molar-refractivity contribution is 5.90. The zero-order valence-corrected chi connectivity index (χ0v) is 9.56. The molecule has 0 aliphatic rings. The van der Waals surface area contributed by atoms with Gasteiger partial charge in [0.15, 0.2) is 4.98 Å². The van der Waals surface area contributed by atoms with Crippen molar-refractivity contribution < 1.29 is 19.4 Å². The summed E-state index contributed by atoms with van der Waals surface area (Å²) in [6.07, 6.45) is 1.36. The van der Waals surface area contributed by atoms with Gasteiger partial charge in [-0.25, -0.2) is 4.79 Å². The minimum atomic E-state index is -0.975. The molecule has 0 saturated carbocycles. The Labute approximate surface area is 93.8 Å². The normalized spacial score (nSPS) is 12.1. The fourth-order valence-corrected chi connectivity index (χ4v) is 0.704. The topological polar surface area (TPSA) is 83.9 Å². The highest BCUT2D eigenvalue weighted by Gasteiger charge is 2.35. The summed E-state index contributed by atoms with van der Waals surface area (Å²) >= 11 is 0. The summed E-state index contributed by atoms with van der Waals surface area (Å²) in [6, 6.07) is 0. The second kappa shape index (κ2) is 5.75. The quantitative estimate of drug-likeness (QED) is 0.261. The van der Waals surface area contributed by atoms with Crippen LogP contribution in [-0.4, -0.2) is 23.3 Å². The summed E-state index contributed by atoms with van der Waals surface area (Å²) in [6.45, 7) is 8.26. The van der Waals surface area contributed by atoms with Crippen LogP contribution in [0.3, 0.4) is 0 Å². The Morgan fingerprint density at radius 3 is 2.50 bits per heavy atom. The van der Waals surface area contributed by atoms with Crippen molar-refractivity contribution in [3.05, 3.63) is 29.3 Å². The van der Waals surface area contributed by atoms with Crippen molar-refractivity contribution >= 4 is 5.97 Å². The third-order valence-electron chi connectivity index (χ3n) is 1.23. The summed E-state index contributed by atoms with van der Waals surface area (Å²) in [4.78, 5) is 14.0. The standard InChI is InChI=1S/C10H14N2O4/c1-5-6-15-8(13)7(12-11)9(14)16-10(2,3)4/h5H,1,6H2,2-4H3/p+1. The van der Waals surface area contributed by atoms with Gasteiger partial charge in [-0.05, 0) is 20.8 Å². The molecule has 0 fully saturated rings. The molecule has 16 heavy (non-hydrogen) atoms. The van der Waals surface area contributed by atoms with Crippen LogP contribution in [0.5, 0.6) is 0 Å². The Bertz CT molecular complexity index is 347. The summed E-state index contributed by atoms with van der Waals surface area (Å²) in [7, 11) is 0. The first-order valence-electron chi connectivity index (χ1n) is 4.57. The molecule has 1 N–H and O–H groups in total. The van der Waals surface area contributed by atoms with E-state index in [2.05, 4.69) is 16.3 Å². The number of ether oxygens (including phenoxy) is 2. The van der Waals surface area contributed by atoms with Crippen LogP contribution < -0.4 is 0 Å². The van der Waals surface area contributed by atoms with Crippen molar-refractivity contribution in [1.29, 1.82) is 5.39 Å². The highest BCUT2D eigenvalue weighted by atomic mass is 16.6. The number of hydrogen-bond donors (Lipinski definition) is 1. The number of hydrogen-bond acceptors (Lipinski definition) is 5. The van der Waals surface area contributed by atoms with E-state index >= 15 is 0 Å². The molecule has 0 aliphatic carbocycles. The number of aliphatic hydroxyl groups excluding tert-OH is 1. The lowest BCUT2D eigenvalue weighted by Gasteiger charge is -2.16. The lowest BCUT2D eigenvalue weighted by molar-refractivity contribution is -0.150. The van der Waals surface area contributed by atoms with Crippen LogP contribution in [0.1, 0.15) is 20.8 Å². The second-order valence-electron chi connectivity index (χ2n) is 3.86. The zero-order chi connectivity index (χ0) is 12.8. The fraction of sp³-hybridized carbons (Fsp3) is 0.500. The van der Waals surface area contributed by atoms with Gasteiger partial charge in [-0.2, -0.15) is 0 Å². The average Bonchev–Trinajstić information content (AvgIpc) is 2.12. The first-order valence-corrected chi connectivity index (χ1v) is 4.57. The van der Waals surface area contributed by atoms with Gasteiger partial charge in [0.25, 0.3) is 0 Å². The van der Waals surface area contributed by atoms with Crippen LogP contribution >= 0.6 is 0 Å². The molecule has 88 valence electrons. The number of rotatable bonds is 4. The Balaban J connectivity index is 4.80. The molecule has 0 saturated heterocycles. The Morgan fingerprint density at radius 2 is 2.12 bits per heavy atom. The van der Waals surface area contributed by atoms with Crippen LogP contribution in [0.2, 0.25) is 0 Å². The van der Waals surface area contributed by atoms with E-state index < -0.39 is 23.2 Å². The van der Waals surface area contributed by atoms with Gasteiger partial charge in [0.2, 0.25) is 5.39 Å². The van der Waals surface area contributed by atoms with E-state index in [-0.39, 0.29) is 6.61 Å². The molecule has 0 amide bonds. The van der Waals surface area contributed by atoms with Gasteiger partial charge >= 0.3 is 17.6 Å². The van der Waals surface area contributed by atoms with E-state index in [9.17, 15) is 9.90 Å². The molecule has 0 aliphatic heterocycles. The van der Waals surface area contributed by atoms with Gasteiger partial charge in [0.05, 0.1) is 0 Å². The van der Waals surface area contributed by atoms with Gasteiger partial charge in [-0.3, -0.25) is 0 Å². The Hall–Kier alpha value is -2.03. The molecular weight excluding hydrogens is 212 g/mol. The predicted octanol–water partition coefficient (Wildman–Crippen LogP) is 2.11. The third kappa shape index (κ3) is 5.00. The summed E-state index contributed by atoms with van der Waals surface area (Å²) < 4.78 is 9.52. The first-order chi connectivity index (χ1) is 7.31. The Morgan fingerprint density at radius 1 is 1.56 bits per heavy atom. The molecule has 0 heterocycles. The van der Waals surface area contributed by atoms with Crippen LogP contribution in [-0.2, 0) is 14.3 Å². The number of diazo groups is 1. The van der Waals surface area contributed by atoms with Gasteiger partial charge in [-0.1, -0.05) is 12.7 Å². The van der Waals surface area contributed by atoms with E-state index in [1.807, 2.05) is 0 Å². The van der Waals surface area contributed by atoms with E-state index in [4.69, 9.17) is 10.1 Å². The summed E-state index contributed by atoms with van der Waals surface area (Å²) in [5.41, 5.74) is -1.44. The lowest BCUT2D eigenvalue weighted by Crippen LogP contribution is -2.25. The number of carbonyl (C=O) groups is 1. The van der Waals surface area contributed by atoms with Crippen LogP contribution in [0.25, 0.3) is 4.98 Å². The maximum absolute atomic E-state index is 11.4. The maximum Gasteiger partial charge on any atom is 0.547 e. The highest BCUT2D eigenvalue weighted by Crippen LogP contribution is 2.14. The zero-order valence-electron chi connectivity index (χ0n) is 9.56. The number of nitrogens with zero attached hydrogens (tertiary/aromatic N) is 2. The van der Waals surface area contributed by atoms with Crippen LogP contribution in [0, 0.1) is 5.39 Å². The van der Waals surface area contributed by atoms with Gasteiger partial charge in [0.1, 0.15) is 12.2 Å². The number of aliphatic hydroxyl groups is 1. The van der Waals surface area contributed by atoms with Crippen molar-refractivity contribution in [2.45, 2.75) is 26.4 Å². The molecule has 0 aromatic heterocycles. The smallest absolute Gasteiger partial charge is 0.475 e. The first kappa shape index (κ1) is 14.0. The van der Waals surface area contributed by atoms with Crippen LogP contribution in [0.15, 0.2) is 24.3 Å². The average molecular weight is 227 g/mol. The molecule has 0 radical (unpaired) electrons. The predicted molar refractivity (Wildman–Crippen MR) is 56.7 cm³/mol. The van der Waals surface area contributed by atoms with E-state index in [1.54, 1.807) is 20.8 Å². The Kier molecular flexibility index (Phi) is 5.02. The van der Waals surface area contributed by atoms with Crippen molar-refractivity contribution in [3.63, 3.8) is 0 Å².